The highest BCUT2D eigenvalue weighted by Crippen LogP contribution is 2.57. The number of amides is 1. The van der Waals surface area contributed by atoms with E-state index in [0.29, 0.717) is 0 Å². The van der Waals surface area contributed by atoms with E-state index in [1.807, 2.05) is 0 Å². The summed E-state index contributed by atoms with van der Waals surface area (Å²) in [6.45, 7) is 3.32. The summed E-state index contributed by atoms with van der Waals surface area (Å²) < 4.78 is 38.3. The van der Waals surface area contributed by atoms with Crippen LogP contribution in [0.5, 0.6) is 5.75 Å². The van der Waals surface area contributed by atoms with E-state index in [-0.39, 0.29) is 30.9 Å². The van der Waals surface area contributed by atoms with Gasteiger partial charge in [-0.2, -0.15) is 0 Å². The zero-order chi connectivity index (χ0) is 21.7. The van der Waals surface area contributed by atoms with E-state index in [1.165, 1.54) is 26.4 Å². The first-order valence-electron chi connectivity index (χ1n) is 8.76. The van der Waals surface area contributed by atoms with Crippen molar-refractivity contribution in [1.82, 2.24) is 5.32 Å². The fourth-order valence-electron chi connectivity index (χ4n) is 2.50. The maximum Gasteiger partial charge on any atom is 0.530 e. The van der Waals surface area contributed by atoms with Crippen molar-refractivity contribution in [2.75, 3.05) is 27.4 Å². The lowest BCUT2D eigenvalue weighted by Gasteiger charge is -2.39. The fraction of sp³-hybridized carbons (Fsp3) is 0.500. The van der Waals surface area contributed by atoms with E-state index >= 15 is 0 Å². The first-order chi connectivity index (χ1) is 13.6. The standard InChI is InChI=1S/C18H24NO9P/c1-18(2)11-26-29(23,27-13-8-6-5-7-12(13)17(22)25-4)28-15(18)16(21)19-10-9-14(20)24-3/h5-8,15H,9-11H2,1-4H3,(H,19,21)/t15-,29-/m0/s1. The van der Waals surface area contributed by atoms with Crippen LogP contribution in [0.4, 0.5) is 0 Å². The quantitative estimate of drug-likeness (QED) is 0.512. The highest BCUT2D eigenvalue weighted by molar-refractivity contribution is 7.49. The van der Waals surface area contributed by atoms with Crippen LogP contribution >= 0.6 is 7.82 Å². The lowest BCUT2D eigenvalue weighted by atomic mass is 9.87. The molecule has 29 heavy (non-hydrogen) atoms. The van der Waals surface area contributed by atoms with Gasteiger partial charge in [-0.05, 0) is 12.1 Å². The number of para-hydroxylation sites is 1. The van der Waals surface area contributed by atoms with Crippen LogP contribution in [0.15, 0.2) is 24.3 Å². The average Bonchev–Trinajstić information content (AvgIpc) is 2.69. The molecule has 1 aromatic carbocycles. The Kier molecular flexibility index (Phi) is 7.40. The Labute approximate surface area is 168 Å². The van der Waals surface area contributed by atoms with E-state index in [1.54, 1.807) is 26.0 Å². The molecule has 1 aliphatic rings. The largest absolute Gasteiger partial charge is 0.530 e. The van der Waals surface area contributed by atoms with Gasteiger partial charge < -0.3 is 19.3 Å². The molecule has 0 bridgehead atoms. The number of methoxy groups -OCH3 is 2. The number of phosphoric acid groups is 1. The average molecular weight is 429 g/mol. The minimum absolute atomic E-state index is 0.0213. The molecule has 1 N–H and O–H groups in total. The van der Waals surface area contributed by atoms with Crippen LogP contribution in [0.1, 0.15) is 30.6 Å². The van der Waals surface area contributed by atoms with Gasteiger partial charge in [-0.15, -0.1) is 0 Å². The molecule has 1 amide bonds. The number of rotatable bonds is 7. The molecule has 0 saturated carbocycles. The fourth-order valence-corrected chi connectivity index (χ4v) is 4.19. The maximum absolute atomic E-state index is 13.0. The Morgan fingerprint density at radius 1 is 1.21 bits per heavy atom. The topological polar surface area (TPSA) is 126 Å². The number of carbonyl (C=O) groups excluding carboxylic acids is 3. The van der Waals surface area contributed by atoms with Gasteiger partial charge in [0.1, 0.15) is 11.3 Å². The van der Waals surface area contributed by atoms with Crippen LogP contribution in [0.2, 0.25) is 0 Å². The third-order valence-corrected chi connectivity index (χ3v) is 5.47. The Bertz CT molecular complexity index is 823. The Morgan fingerprint density at radius 3 is 2.55 bits per heavy atom. The number of carbonyl (C=O) groups is 3. The molecule has 0 aliphatic carbocycles. The van der Waals surface area contributed by atoms with Crippen molar-refractivity contribution in [2.45, 2.75) is 26.4 Å². The number of ether oxygens (including phenoxy) is 2. The Balaban J connectivity index is 2.15. The second kappa shape index (κ2) is 9.39. The molecule has 0 radical (unpaired) electrons. The summed E-state index contributed by atoms with van der Waals surface area (Å²) in [5, 5.41) is 2.54. The summed E-state index contributed by atoms with van der Waals surface area (Å²) in [5.74, 6) is -1.81. The number of benzene rings is 1. The van der Waals surface area contributed by atoms with Crippen molar-refractivity contribution in [3.8, 4) is 5.75 Å². The Hall–Kier alpha value is -2.42. The SMILES string of the molecule is COC(=O)CCNC(=O)[C@@H]1O[P@](=O)(Oc2ccccc2C(=O)OC)OCC1(C)C. The van der Waals surface area contributed by atoms with Gasteiger partial charge in [-0.25, -0.2) is 9.36 Å². The van der Waals surface area contributed by atoms with E-state index < -0.39 is 37.2 Å². The number of nitrogens with one attached hydrogen (secondary N) is 1. The molecule has 1 saturated heterocycles. The molecule has 1 fully saturated rings. The van der Waals surface area contributed by atoms with Crippen LogP contribution in [-0.2, 0) is 32.7 Å². The third-order valence-electron chi connectivity index (χ3n) is 4.14. The lowest BCUT2D eigenvalue weighted by Crippen LogP contribution is -2.50. The van der Waals surface area contributed by atoms with E-state index in [4.69, 9.17) is 13.6 Å². The van der Waals surface area contributed by atoms with Crippen molar-refractivity contribution in [1.29, 1.82) is 0 Å². The summed E-state index contributed by atoms with van der Waals surface area (Å²) in [4.78, 5) is 35.6. The normalized spacial score (nSPS) is 23.0. The second-order valence-electron chi connectivity index (χ2n) is 6.89. The van der Waals surface area contributed by atoms with Crippen LogP contribution in [0.3, 0.4) is 0 Å². The minimum Gasteiger partial charge on any atom is -0.469 e. The molecule has 2 atom stereocenters. The molecule has 11 heteroatoms. The van der Waals surface area contributed by atoms with Gasteiger partial charge in [0.15, 0.2) is 6.10 Å². The molecular formula is C18H24NO9P. The van der Waals surface area contributed by atoms with Gasteiger partial charge in [0.2, 0.25) is 0 Å². The number of hydrogen-bond acceptors (Lipinski definition) is 9. The monoisotopic (exact) mass is 429 g/mol. The molecule has 2 rings (SSSR count). The van der Waals surface area contributed by atoms with Gasteiger partial charge in [0.25, 0.3) is 5.91 Å². The van der Waals surface area contributed by atoms with Crippen LogP contribution in [0.25, 0.3) is 0 Å². The van der Waals surface area contributed by atoms with Gasteiger partial charge >= 0.3 is 19.8 Å². The summed E-state index contributed by atoms with van der Waals surface area (Å²) in [5.41, 5.74) is -0.796. The molecular weight excluding hydrogens is 405 g/mol. The zero-order valence-electron chi connectivity index (χ0n) is 16.6. The van der Waals surface area contributed by atoms with Gasteiger partial charge in [0, 0.05) is 12.0 Å². The first kappa shape index (κ1) is 22.9. The molecule has 10 nitrogen and oxygen atoms in total. The predicted molar refractivity (Wildman–Crippen MR) is 100 cm³/mol. The van der Waals surface area contributed by atoms with Crippen LogP contribution < -0.4 is 9.84 Å². The van der Waals surface area contributed by atoms with Crippen molar-refractivity contribution in [3.05, 3.63) is 29.8 Å². The number of phosphoric ester groups is 1. The van der Waals surface area contributed by atoms with Crippen molar-refractivity contribution < 1.29 is 42.0 Å². The summed E-state index contributed by atoms with van der Waals surface area (Å²) in [6, 6.07) is 5.99. The lowest BCUT2D eigenvalue weighted by molar-refractivity contribution is -0.142. The minimum atomic E-state index is -4.22. The second-order valence-corrected chi connectivity index (χ2v) is 8.44. The first-order valence-corrected chi connectivity index (χ1v) is 10.2. The molecule has 1 aliphatic heterocycles. The Morgan fingerprint density at radius 2 is 1.90 bits per heavy atom. The summed E-state index contributed by atoms with van der Waals surface area (Å²) >= 11 is 0. The molecule has 1 aromatic rings. The molecule has 0 unspecified atom stereocenters. The molecule has 1 heterocycles. The maximum atomic E-state index is 13.0. The molecule has 0 spiro atoms. The van der Waals surface area contributed by atoms with Crippen LogP contribution in [-0.4, -0.2) is 51.3 Å². The number of hydrogen-bond donors (Lipinski definition) is 1. The van der Waals surface area contributed by atoms with Crippen molar-refractivity contribution in [2.24, 2.45) is 5.41 Å². The van der Waals surface area contributed by atoms with E-state index in [0.717, 1.165) is 0 Å². The van der Waals surface area contributed by atoms with Gasteiger partial charge in [0.05, 0.1) is 27.2 Å². The van der Waals surface area contributed by atoms with Crippen molar-refractivity contribution in [3.63, 3.8) is 0 Å². The van der Waals surface area contributed by atoms with E-state index in [2.05, 4.69) is 14.8 Å². The van der Waals surface area contributed by atoms with Crippen LogP contribution in [0, 0.1) is 5.41 Å². The van der Waals surface area contributed by atoms with Gasteiger partial charge in [-0.3, -0.25) is 18.6 Å². The highest BCUT2D eigenvalue weighted by Gasteiger charge is 2.50. The van der Waals surface area contributed by atoms with Gasteiger partial charge in [-0.1, -0.05) is 26.0 Å². The smallest absolute Gasteiger partial charge is 0.469 e. The predicted octanol–water partition coefficient (Wildman–Crippen LogP) is 2.08. The summed E-state index contributed by atoms with van der Waals surface area (Å²) in [7, 11) is -1.77. The molecule has 160 valence electrons. The van der Waals surface area contributed by atoms with E-state index in [9.17, 15) is 18.9 Å². The third kappa shape index (κ3) is 5.79. The zero-order valence-corrected chi connectivity index (χ0v) is 17.5. The number of esters is 2. The highest BCUT2D eigenvalue weighted by atomic mass is 31.2. The van der Waals surface area contributed by atoms with Crippen molar-refractivity contribution >= 4 is 25.7 Å². The summed E-state index contributed by atoms with van der Waals surface area (Å²) in [6.07, 6.45) is -1.20. The molecule has 0 aromatic heterocycles.